The Morgan fingerprint density at radius 1 is 1.28 bits per heavy atom. The highest BCUT2D eigenvalue weighted by Gasteiger charge is 2.14. The summed E-state index contributed by atoms with van der Waals surface area (Å²) < 4.78 is 19.3. The topological polar surface area (TPSA) is 21.3 Å². The summed E-state index contributed by atoms with van der Waals surface area (Å²) in [5.74, 6) is -0.184. The minimum atomic E-state index is -0.184. The lowest BCUT2D eigenvalue weighted by Crippen LogP contribution is -2.23. The monoisotopic (exact) mass is 253 g/mol. The standard InChI is InChI=1S/C15H24FNO/c1-15(2,3)9-10-18-11-14(17-4)12-7-5-6-8-13(12)16/h5-8,14,17H,9-11H2,1-4H3. The average molecular weight is 253 g/mol. The molecule has 0 fully saturated rings. The molecule has 102 valence electrons. The highest BCUT2D eigenvalue weighted by molar-refractivity contribution is 5.21. The number of likely N-dealkylation sites (N-methyl/N-ethyl adjacent to an activating group) is 1. The van der Waals surface area contributed by atoms with Crippen LogP contribution in [-0.4, -0.2) is 20.3 Å². The first-order chi connectivity index (χ1) is 8.44. The van der Waals surface area contributed by atoms with Gasteiger partial charge in [0, 0.05) is 12.2 Å². The van der Waals surface area contributed by atoms with Gasteiger partial charge >= 0.3 is 0 Å². The Labute approximate surface area is 110 Å². The molecule has 1 aromatic rings. The van der Waals surface area contributed by atoms with Crippen molar-refractivity contribution < 1.29 is 9.13 Å². The summed E-state index contributed by atoms with van der Waals surface area (Å²) in [5, 5.41) is 3.09. The fraction of sp³-hybridized carbons (Fsp3) is 0.600. The van der Waals surface area contributed by atoms with Crippen LogP contribution < -0.4 is 5.32 Å². The van der Waals surface area contributed by atoms with Gasteiger partial charge in [0.15, 0.2) is 0 Å². The van der Waals surface area contributed by atoms with Gasteiger partial charge in [0.1, 0.15) is 5.82 Å². The van der Waals surface area contributed by atoms with Crippen molar-refractivity contribution in [3.05, 3.63) is 35.6 Å². The molecule has 0 aliphatic carbocycles. The molecule has 0 bridgehead atoms. The quantitative estimate of drug-likeness (QED) is 0.783. The number of nitrogens with one attached hydrogen (secondary N) is 1. The predicted molar refractivity (Wildman–Crippen MR) is 73.1 cm³/mol. The van der Waals surface area contributed by atoms with E-state index in [4.69, 9.17) is 4.74 Å². The van der Waals surface area contributed by atoms with E-state index in [0.29, 0.717) is 18.8 Å². The lowest BCUT2D eigenvalue weighted by Gasteiger charge is -2.20. The highest BCUT2D eigenvalue weighted by Crippen LogP contribution is 2.20. The van der Waals surface area contributed by atoms with Crippen molar-refractivity contribution in [3.8, 4) is 0 Å². The molecule has 3 heteroatoms. The number of hydrogen-bond acceptors (Lipinski definition) is 2. The van der Waals surface area contributed by atoms with Gasteiger partial charge in [-0.1, -0.05) is 39.0 Å². The molecule has 0 aliphatic heterocycles. The molecule has 0 spiro atoms. The predicted octanol–water partition coefficient (Wildman–Crippen LogP) is 3.54. The van der Waals surface area contributed by atoms with E-state index in [-0.39, 0.29) is 17.3 Å². The normalized spacial score (nSPS) is 13.6. The third kappa shape index (κ3) is 5.15. The molecule has 18 heavy (non-hydrogen) atoms. The van der Waals surface area contributed by atoms with Crippen LogP contribution >= 0.6 is 0 Å². The second-order valence-corrected chi connectivity index (χ2v) is 5.75. The lowest BCUT2D eigenvalue weighted by atomic mass is 9.93. The van der Waals surface area contributed by atoms with Crippen molar-refractivity contribution >= 4 is 0 Å². The summed E-state index contributed by atoms with van der Waals surface area (Å²) in [6.45, 7) is 7.75. The van der Waals surface area contributed by atoms with E-state index < -0.39 is 0 Å². The van der Waals surface area contributed by atoms with Gasteiger partial charge in [-0.2, -0.15) is 0 Å². The zero-order valence-corrected chi connectivity index (χ0v) is 11.8. The Hall–Kier alpha value is -0.930. The molecule has 0 saturated heterocycles. The van der Waals surface area contributed by atoms with E-state index in [1.807, 2.05) is 13.1 Å². The Morgan fingerprint density at radius 2 is 1.94 bits per heavy atom. The molecule has 0 radical (unpaired) electrons. The maximum absolute atomic E-state index is 13.6. The van der Waals surface area contributed by atoms with E-state index in [2.05, 4.69) is 26.1 Å². The van der Waals surface area contributed by atoms with Crippen molar-refractivity contribution in [1.82, 2.24) is 5.32 Å². The maximum Gasteiger partial charge on any atom is 0.128 e. The molecular weight excluding hydrogens is 229 g/mol. The number of halogens is 1. The average Bonchev–Trinajstić information content (AvgIpc) is 2.29. The first-order valence-electron chi connectivity index (χ1n) is 6.43. The maximum atomic E-state index is 13.6. The SMILES string of the molecule is CNC(COCCC(C)(C)C)c1ccccc1F. The number of benzene rings is 1. The highest BCUT2D eigenvalue weighted by atomic mass is 19.1. The largest absolute Gasteiger partial charge is 0.379 e. The van der Waals surface area contributed by atoms with E-state index >= 15 is 0 Å². The number of ether oxygens (including phenoxy) is 1. The molecule has 2 nitrogen and oxygen atoms in total. The van der Waals surface area contributed by atoms with Crippen molar-refractivity contribution in [2.24, 2.45) is 5.41 Å². The van der Waals surface area contributed by atoms with Gasteiger partial charge in [-0.25, -0.2) is 4.39 Å². The van der Waals surface area contributed by atoms with Crippen molar-refractivity contribution in [2.75, 3.05) is 20.3 Å². The molecule has 0 aliphatic rings. The van der Waals surface area contributed by atoms with Crippen LogP contribution in [0.2, 0.25) is 0 Å². The third-order valence-corrected chi connectivity index (χ3v) is 2.91. The zero-order valence-electron chi connectivity index (χ0n) is 11.8. The summed E-state index contributed by atoms with van der Waals surface area (Å²) >= 11 is 0. The Balaban J connectivity index is 2.46. The van der Waals surface area contributed by atoms with E-state index in [1.54, 1.807) is 12.1 Å². The van der Waals surface area contributed by atoms with Gasteiger partial charge < -0.3 is 10.1 Å². The van der Waals surface area contributed by atoms with Gasteiger partial charge in [0.2, 0.25) is 0 Å². The van der Waals surface area contributed by atoms with E-state index in [0.717, 1.165) is 6.42 Å². The minimum absolute atomic E-state index is 0.0915. The van der Waals surface area contributed by atoms with Gasteiger partial charge in [-0.05, 0) is 24.9 Å². The van der Waals surface area contributed by atoms with Crippen LogP contribution in [0.4, 0.5) is 4.39 Å². The van der Waals surface area contributed by atoms with Crippen molar-refractivity contribution in [2.45, 2.75) is 33.2 Å². The molecule has 0 aromatic heterocycles. The summed E-state index contributed by atoms with van der Waals surface area (Å²) in [6, 6.07) is 6.73. The van der Waals surface area contributed by atoms with Crippen molar-refractivity contribution in [1.29, 1.82) is 0 Å². The van der Waals surface area contributed by atoms with Crippen LogP contribution in [0, 0.1) is 11.2 Å². The lowest BCUT2D eigenvalue weighted by molar-refractivity contribution is 0.0906. The first kappa shape index (κ1) is 15.1. The molecule has 0 heterocycles. The smallest absolute Gasteiger partial charge is 0.128 e. The van der Waals surface area contributed by atoms with Crippen LogP contribution in [-0.2, 0) is 4.74 Å². The zero-order chi connectivity index (χ0) is 13.6. The Morgan fingerprint density at radius 3 is 2.50 bits per heavy atom. The summed E-state index contributed by atoms with van der Waals surface area (Å²) in [6.07, 6.45) is 1.00. The van der Waals surface area contributed by atoms with Crippen LogP contribution in [0.5, 0.6) is 0 Å². The van der Waals surface area contributed by atoms with Crippen LogP contribution in [0.3, 0.4) is 0 Å². The third-order valence-electron chi connectivity index (χ3n) is 2.91. The second-order valence-electron chi connectivity index (χ2n) is 5.75. The molecular formula is C15H24FNO. The summed E-state index contributed by atoms with van der Waals surface area (Å²) in [4.78, 5) is 0. The summed E-state index contributed by atoms with van der Waals surface area (Å²) in [5.41, 5.74) is 0.934. The van der Waals surface area contributed by atoms with Gasteiger partial charge in [-0.15, -0.1) is 0 Å². The molecule has 1 rings (SSSR count). The van der Waals surface area contributed by atoms with Crippen molar-refractivity contribution in [3.63, 3.8) is 0 Å². The number of rotatable bonds is 6. The Kier molecular flexibility index (Phi) is 5.76. The number of hydrogen-bond donors (Lipinski definition) is 1. The van der Waals surface area contributed by atoms with Crippen LogP contribution in [0.15, 0.2) is 24.3 Å². The molecule has 0 amide bonds. The van der Waals surface area contributed by atoms with Gasteiger partial charge in [0.05, 0.1) is 12.6 Å². The minimum Gasteiger partial charge on any atom is -0.379 e. The molecule has 1 atom stereocenters. The van der Waals surface area contributed by atoms with E-state index in [1.165, 1.54) is 6.07 Å². The fourth-order valence-corrected chi connectivity index (χ4v) is 1.67. The molecule has 0 saturated carbocycles. The molecule has 1 aromatic carbocycles. The molecule has 1 unspecified atom stereocenters. The van der Waals surface area contributed by atoms with Gasteiger partial charge in [-0.3, -0.25) is 0 Å². The van der Waals surface area contributed by atoms with Crippen LogP contribution in [0.1, 0.15) is 38.8 Å². The molecule has 1 N–H and O–H groups in total. The summed E-state index contributed by atoms with van der Waals surface area (Å²) in [7, 11) is 1.82. The Bertz CT molecular complexity index is 360. The first-order valence-corrected chi connectivity index (χ1v) is 6.43. The van der Waals surface area contributed by atoms with Crippen LogP contribution in [0.25, 0.3) is 0 Å². The van der Waals surface area contributed by atoms with Gasteiger partial charge in [0.25, 0.3) is 0 Å². The fourth-order valence-electron chi connectivity index (χ4n) is 1.67. The second kappa shape index (κ2) is 6.86. The van der Waals surface area contributed by atoms with E-state index in [9.17, 15) is 4.39 Å².